The molecule has 0 fully saturated rings. The molecule has 0 radical (unpaired) electrons. The Morgan fingerprint density at radius 3 is 2.47 bits per heavy atom. The van der Waals surface area contributed by atoms with Gasteiger partial charge in [-0.3, -0.25) is 0 Å². The molecule has 0 bridgehead atoms. The molecular weight excluding hydrogens is 247 g/mol. The van der Waals surface area contributed by atoms with E-state index in [0.29, 0.717) is 5.56 Å². The first-order chi connectivity index (χ1) is 7.75. The van der Waals surface area contributed by atoms with Crippen LogP contribution in [0, 0.1) is 5.82 Å². The number of aliphatic hydroxyl groups is 1. The first-order valence-corrected chi connectivity index (χ1v) is 6.89. The molecule has 0 amide bonds. The molecule has 0 aliphatic carbocycles. The standard InChI is InChI=1S/C11H15FO4S/c1-7(13)4-8-5-9(12)11(17(3,14)15)10(6-8)16-2/h5-7,13H,4H2,1-3H3. The van der Waals surface area contributed by atoms with Crippen LogP contribution in [0.15, 0.2) is 17.0 Å². The van der Waals surface area contributed by atoms with Gasteiger partial charge in [0.15, 0.2) is 9.84 Å². The minimum absolute atomic E-state index is 0.0387. The van der Waals surface area contributed by atoms with Crippen LogP contribution >= 0.6 is 0 Å². The molecule has 6 heteroatoms. The fourth-order valence-electron chi connectivity index (χ4n) is 1.59. The van der Waals surface area contributed by atoms with Crippen molar-refractivity contribution in [1.82, 2.24) is 0 Å². The first-order valence-electron chi connectivity index (χ1n) is 5.00. The number of aliphatic hydroxyl groups excluding tert-OH is 1. The third-order valence-corrected chi connectivity index (χ3v) is 3.33. The average Bonchev–Trinajstić information content (AvgIpc) is 2.13. The lowest BCUT2D eigenvalue weighted by atomic mass is 10.1. The molecule has 0 heterocycles. The molecule has 0 spiro atoms. The zero-order valence-electron chi connectivity index (χ0n) is 9.90. The molecule has 0 aliphatic rings. The number of hydrogen-bond donors (Lipinski definition) is 1. The number of benzene rings is 1. The van der Waals surface area contributed by atoms with Crippen LogP contribution in [0.1, 0.15) is 12.5 Å². The Labute approximate surface area is 100.0 Å². The van der Waals surface area contributed by atoms with Gasteiger partial charge in [-0.15, -0.1) is 0 Å². The summed E-state index contributed by atoms with van der Waals surface area (Å²) in [5, 5.41) is 9.21. The smallest absolute Gasteiger partial charge is 0.182 e. The topological polar surface area (TPSA) is 63.6 Å². The SMILES string of the molecule is COc1cc(CC(C)O)cc(F)c1S(C)(=O)=O. The highest BCUT2D eigenvalue weighted by atomic mass is 32.2. The van der Waals surface area contributed by atoms with Crippen molar-refractivity contribution in [1.29, 1.82) is 0 Å². The van der Waals surface area contributed by atoms with Crippen LogP contribution in [0.3, 0.4) is 0 Å². The van der Waals surface area contributed by atoms with E-state index < -0.39 is 26.7 Å². The molecule has 1 rings (SSSR count). The Kier molecular flexibility index (Phi) is 4.11. The molecule has 0 saturated carbocycles. The van der Waals surface area contributed by atoms with Gasteiger partial charge in [0.25, 0.3) is 0 Å². The predicted octanol–water partition coefficient (Wildman–Crippen LogP) is 1.16. The summed E-state index contributed by atoms with van der Waals surface area (Å²) in [6.07, 6.45) is 0.516. The molecule has 1 aromatic carbocycles. The summed E-state index contributed by atoms with van der Waals surface area (Å²) < 4.78 is 41.4. The van der Waals surface area contributed by atoms with Crippen LogP contribution in [-0.4, -0.2) is 33.0 Å². The van der Waals surface area contributed by atoms with Gasteiger partial charge in [-0.2, -0.15) is 0 Å². The van der Waals surface area contributed by atoms with Crippen LogP contribution in [-0.2, 0) is 16.3 Å². The summed E-state index contributed by atoms with van der Waals surface area (Å²) in [5.41, 5.74) is 0.488. The number of ether oxygens (including phenoxy) is 1. The monoisotopic (exact) mass is 262 g/mol. The Morgan fingerprint density at radius 2 is 2.06 bits per heavy atom. The maximum absolute atomic E-state index is 13.7. The molecule has 0 saturated heterocycles. The van der Waals surface area contributed by atoms with E-state index in [0.717, 1.165) is 12.3 Å². The van der Waals surface area contributed by atoms with E-state index in [1.807, 2.05) is 0 Å². The van der Waals surface area contributed by atoms with Crippen molar-refractivity contribution in [2.24, 2.45) is 0 Å². The lowest BCUT2D eigenvalue weighted by Crippen LogP contribution is -2.08. The normalized spacial score (nSPS) is 13.5. The van der Waals surface area contributed by atoms with Crippen molar-refractivity contribution in [3.8, 4) is 5.75 Å². The minimum atomic E-state index is -3.68. The van der Waals surface area contributed by atoms with Gasteiger partial charge >= 0.3 is 0 Å². The molecule has 1 unspecified atom stereocenters. The summed E-state index contributed by atoms with van der Waals surface area (Å²) in [5.74, 6) is -0.898. The van der Waals surface area contributed by atoms with Crippen molar-refractivity contribution in [2.75, 3.05) is 13.4 Å². The fraction of sp³-hybridized carbons (Fsp3) is 0.455. The average molecular weight is 262 g/mol. The lowest BCUT2D eigenvalue weighted by molar-refractivity contribution is 0.195. The van der Waals surface area contributed by atoms with Gasteiger partial charge < -0.3 is 9.84 Å². The van der Waals surface area contributed by atoms with Gasteiger partial charge in [0.2, 0.25) is 0 Å². The molecule has 0 aliphatic heterocycles. The highest BCUT2D eigenvalue weighted by molar-refractivity contribution is 7.90. The summed E-state index contributed by atoms with van der Waals surface area (Å²) >= 11 is 0. The van der Waals surface area contributed by atoms with Crippen LogP contribution < -0.4 is 4.74 Å². The van der Waals surface area contributed by atoms with E-state index >= 15 is 0 Å². The Morgan fingerprint density at radius 1 is 1.47 bits per heavy atom. The van der Waals surface area contributed by atoms with Gasteiger partial charge in [-0.05, 0) is 31.0 Å². The van der Waals surface area contributed by atoms with Crippen LogP contribution in [0.2, 0.25) is 0 Å². The zero-order valence-corrected chi connectivity index (χ0v) is 10.7. The van der Waals surface area contributed by atoms with E-state index in [1.165, 1.54) is 13.2 Å². The predicted molar refractivity (Wildman–Crippen MR) is 61.4 cm³/mol. The second-order valence-corrected chi connectivity index (χ2v) is 5.89. The van der Waals surface area contributed by atoms with Crippen molar-refractivity contribution in [2.45, 2.75) is 24.3 Å². The number of methoxy groups -OCH3 is 1. The van der Waals surface area contributed by atoms with Gasteiger partial charge in [0.1, 0.15) is 16.5 Å². The number of hydrogen-bond acceptors (Lipinski definition) is 4. The fourth-order valence-corrected chi connectivity index (χ4v) is 2.51. The van der Waals surface area contributed by atoms with Crippen molar-refractivity contribution in [3.05, 3.63) is 23.5 Å². The highest BCUT2D eigenvalue weighted by Crippen LogP contribution is 2.28. The van der Waals surface area contributed by atoms with E-state index in [9.17, 15) is 17.9 Å². The van der Waals surface area contributed by atoms with Gasteiger partial charge in [-0.1, -0.05) is 0 Å². The molecule has 1 atom stereocenters. The van der Waals surface area contributed by atoms with E-state index in [1.54, 1.807) is 6.92 Å². The molecular formula is C11H15FO4S. The second kappa shape index (κ2) is 5.01. The van der Waals surface area contributed by atoms with Crippen LogP contribution in [0.25, 0.3) is 0 Å². The summed E-state index contributed by atoms with van der Waals surface area (Å²) in [6.45, 7) is 1.56. The number of rotatable bonds is 4. The Balaban J connectivity index is 3.36. The maximum atomic E-state index is 13.7. The third kappa shape index (κ3) is 3.41. The van der Waals surface area contributed by atoms with Crippen molar-refractivity contribution >= 4 is 9.84 Å². The number of sulfone groups is 1. The quantitative estimate of drug-likeness (QED) is 0.884. The Bertz CT molecular complexity index is 508. The molecule has 1 N–H and O–H groups in total. The highest BCUT2D eigenvalue weighted by Gasteiger charge is 2.21. The van der Waals surface area contributed by atoms with Crippen molar-refractivity contribution in [3.63, 3.8) is 0 Å². The third-order valence-electron chi connectivity index (χ3n) is 2.19. The molecule has 4 nitrogen and oxygen atoms in total. The first kappa shape index (κ1) is 13.9. The maximum Gasteiger partial charge on any atom is 0.182 e. The van der Waals surface area contributed by atoms with E-state index in [4.69, 9.17) is 4.74 Å². The summed E-state index contributed by atoms with van der Waals surface area (Å²) in [4.78, 5) is -0.450. The number of halogens is 1. The molecule has 96 valence electrons. The molecule has 1 aromatic rings. The van der Waals surface area contributed by atoms with Gasteiger partial charge in [0, 0.05) is 6.26 Å². The van der Waals surface area contributed by atoms with Gasteiger partial charge in [0.05, 0.1) is 13.2 Å². The summed E-state index contributed by atoms with van der Waals surface area (Å²) in [7, 11) is -2.41. The van der Waals surface area contributed by atoms with Crippen LogP contribution in [0.5, 0.6) is 5.75 Å². The second-order valence-electron chi connectivity index (χ2n) is 3.93. The van der Waals surface area contributed by atoms with E-state index in [2.05, 4.69) is 0 Å². The zero-order chi connectivity index (χ0) is 13.2. The molecule has 0 aromatic heterocycles. The van der Waals surface area contributed by atoms with Gasteiger partial charge in [-0.25, -0.2) is 12.8 Å². The van der Waals surface area contributed by atoms with Crippen molar-refractivity contribution < 1.29 is 22.7 Å². The van der Waals surface area contributed by atoms with Crippen LogP contribution in [0.4, 0.5) is 4.39 Å². The van der Waals surface area contributed by atoms with E-state index in [-0.39, 0.29) is 12.2 Å². The minimum Gasteiger partial charge on any atom is -0.495 e. The molecule has 17 heavy (non-hydrogen) atoms. The largest absolute Gasteiger partial charge is 0.495 e. The summed E-state index contributed by atoms with van der Waals surface area (Å²) in [6, 6.07) is 2.53. The lowest BCUT2D eigenvalue weighted by Gasteiger charge is -2.11. The Hall–Kier alpha value is -1.14.